The third kappa shape index (κ3) is 2.98. The Balaban J connectivity index is 2.08. The van der Waals surface area contributed by atoms with Gasteiger partial charge in [-0.1, -0.05) is 5.16 Å². The van der Waals surface area contributed by atoms with Crippen LogP contribution in [0.1, 0.15) is 17.1 Å². The highest BCUT2D eigenvalue weighted by Gasteiger charge is 2.07. The topological polar surface area (TPSA) is 70.0 Å². The van der Waals surface area contributed by atoms with Crippen LogP contribution in [0.4, 0.5) is 0 Å². The van der Waals surface area contributed by atoms with E-state index < -0.39 is 0 Å². The average Bonchev–Trinajstić information content (AvgIpc) is 2.79. The number of nitrogens with zero attached hydrogens (tertiary/aromatic N) is 3. The third-order valence-corrected chi connectivity index (χ3v) is 3.78. The lowest BCUT2D eigenvalue weighted by Gasteiger charge is -2.08. The van der Waals surface area contributed by atoms with Crippen LogP contribution in [0.25, 0.3) is 0 Å². The summed E-state index contributed by atoms with van der Waals surface area (Å²) in [5.41, 5.74) is 0.957. The zero-order valence-electron chi connectivity index (χ0n) is 11.0. The van der Waals surface area contributed by atoms with Crippen LogP contribution in [0.3, 0.4) is 0 Å². The van der Waals surface area contributed by atoms with Crippen molar-refractivity contribution < 1.29 is 4.52 Å². The molecule has 0 aliphatic carbocycles. The van der Waals surface area contributed by atoms with Gasteiger partial charge in [-0.2, -0.15) is 0 Å². The van der Waals surface area contributed by atoms with Crippen LogP contribution in [0, 0.1) is 6.92 Å². The molecule has 2 aromatic heterocycles. The van der Waals surface area contributed by atoms with Gasteiger partial charge in [-0.25, -0.2) is 4.79 Å². The van der Waals surface area contributed by atoms with Crippen molar-refractivity contribution in [2.24, 2.45) is 14.1 Å². The van der Waals surface area contributed by atoms with Gasteiger partial charge in [0.1, 0.15) is 5.76 Å². The fraction of sp³-hybridized carbons (Fsp3) is 0.417. The quantitative estimate of drug-likeness (QED) is 0.829. The van der Waals surface area contributed by atoms with Gasteiger partial charge in [-0.05, 0) is 6.92 Å². The maximum absolute atomic E-state index is 11.7. The lowest BCUT2D eigenvalue weighted by molar-refractivity contribution is 0.391. The van der Waals surface area contributed by atoms with Gasteiger partial charge in [-0.3, -0.25) is 13.9 Å². The van der Waals surface area contributed by atoms with Crippen LogP contribution in [-0.2, 0) is 25.6 Å². The van der Waals surface area contributed by atoms with Crippen LogP contribution in [0.15, 0.2) is 26.2 Å². The monoisotopic (exact) mass is 281 g/mol. The average molecular weight is 281 g/mol. The fourth-order valence-corrected chi connectivity index (χ4v) is 2.58. The summed E-state index contributed by atoms with van der Waals surface area (Å²) < 4.78 is 7.67. The van der Waals surface area contributed by atoms with Gasteiger partial charge in [-0.15, -0.1) is 11.8 Å². The van der Waals surface area contributed by atoms with E-state index in [1.54, 1.807) is 18.8 Å². The summed E-state index contributed by atoms with van der Waals surface area (Å²) in [7, 11) is 3.13. The third-order valence-electron chi connectivity index (χ3n) is 2.80. The number of hydrogen-bond donors (Lipinski definition) is 0. The fourth-order valence-electron chi connectivity index (χ4n) is 1.66. The summed E-state index contributed by atoms with van der Waals surface area (Å²) in [5.74, 6) is 2.02. The molecule has 6 nitrogen and oxygen atoms in total. The van der Waals surface area contributed by atoms with Crippen LogP contribution < -0.4 is 11.2 Å². The summed E-state index contributed by atoms with van der Waals surface area (Å²) in [6, 6.07) is 3.36. The van der Waals surface area contributed by atoms with Crippen molar-refractivity contribution in [3.63, 3.8) is 0 Å². The van der Waals surface area contributed by atoms with E-state index in [2.05, 4.69) is 5.16 Å². The molecule has 0 aliphatic heterocycles. The lowest BCUT2D eigenvalue weighted by atomic mass is 10.4. The number of hydrogen-bond acceptors (Lipinski definition) is 5. The highest BCUT2D eigenvalue weighted by atomic mass is 32.2. The minimum atomic E-state index is -0.307. The second kappa shape index (κ2) is 5.48. The molecular weight excluding hydrogens is 266 g/mol. The van der Waals surface area contributed by atoms with Crippen molar-refractivity contribution >= 4 is 11.8 Å². The molecule has 0 spiro atoms. The van der Waals surface area contributed by atoms with Crippen molar-refractivity contribution in [3.8, 4) is 0 Å². The van der Waals surface area contributed by atoms with Gasteiger partial charge in [0, 0.05) is 37.7 Å². The predicted octanol–water partition coefficient (Wildman–Crippen LogP) is 0.814. The summed E-state index contributed by atoms with van der Waals surface area (Å²) in [6.07, 6.45) is 0. The molecule has 0 amide bonds. The Kier molecular flexibility index (Phi) is 3.94. The summed E-state index contributed by atoms with van der Waals surface area (Å²) in [4.78, 5) is 23.3. The molecule has 0 fully saturated rings. The molecule has 2 heterocycles. The highest BCUT2D eigenvalue weighted by molar-refractivity contribution is 7.97. The normalized spacial score (nSPS) is 10.9. The number of thioether (sulfide) groups is 1. The highest BCUT2D eigenvalue weighted by Crippen LogP contribution is 2.16. The Bertz CT molecular complexity index is 699. The maximum atomic E-state index is 11.7. The smallest absolute Gasteiger partial charge is 0.330 e. The molecule has 0 aromatic carbocycles. The van der Waals surface area contributed by atoms with Crippen molar-refractivity contribution in [2.75, 3.05) is 0 Å². The first-order valence-electron chi connectivity index (χ1n) is 5.75. The summed E-state index contributed by atoms with van der Waals surface area (Å²) in [6.45, 7) is 1.86. The first-order chi connectivity index (χ1) is 8.99. The van der Waals surface area contributed by atoms with Gasteiger partial charge < -0.3 is 4.52 Å². The molecule has 0 aliphatic rings. The van der Waals surface area contributed by atoms with Gasteiger partial charge in [0.05, 0.1) is 11.4 Å². The molecule has 0 radical (unpaired) electrons. The van der Waals surface area contributed by atoms with Crippen molar-refractivity contribution in [1.29, 1.82) is 0 Å². The van der Waals surface area contributed by atoms with Crippen molar-refractivity contribution in [1.82, 2.24) is 14.3 Å². The van der Waals surface area contributed by atoms with E-state index >= 15 is 0 Å². The number of rotatable bonds is 4. The van der Waals surface area contributed by atoms with Gasteiger partial charge in [0.15, 0.2) is 0 Å². The molecule has 0 N–H and O–H groups in total. The molecule has 0 atom stereocenters. The standard InChI is InChI=1S/C12H15N3O3S/c1-8-4-10(18-13-8)7-19-6-9-5-11(16)15(3)12(17)14(9)2/h4-5H,6-7H2,1-3H3. The van der Waals surface area contributed by atoms with Crippen LogP contribution in [0.2, 0.25) is 0 Å². The van der Waals surface area contributed by atoms with E-state index in [1.807, 2.05) is 13.0 Å². The zero-order chi connectivity index (χ0) is 14.0. The van der Waals surface area contributed by atoms with Crippen LogP contribution >= 0.6 is 11.8 Å². The molecular formula is C12H15N3O3S. The Labute approximate surface area is 114 Å². The summed E-state index contributed by atoms with van der Waals surface area (Å²) in [5, 5.41) is 3.80. The second-order valence-electron chi connectivity index (χ2n) is 4.30. The Morgan fingerprint density at radius 3 is 2.58 bits per heavy atom. The largest absolute Gasteiger partial charge is 0.360 e. The number of aryl methyl sites for hydroxylation is 1. The van der Waals surface area contributed by atoms with E-state index in [0.29, 0.717) is 17.2 Å². The van der Waals surface area contributed by atoms with E-state index in [9.17, 15) is 9.59 Å². The molecule has 102 valence electrons. The number of aromatic nitrogens is 3. The van der Waals surface area contributed by atoms with E-state index in [4.69, 9.17) is 4.52 Å². The Hall–Kier alpha value is -1.76. The van der Waals surface area contributed by atoms with Gasteiger partial charge in [0.2, 0.25) is 0 Å². The molecule has 0 saturated carbocycles. The Morgan fingerprint density at radius 1 is 1.21 bits per heavy atom. The second-order valence-corrected chi connectivity index (χ2v) is 5.29. The van der Waals surface area contributed by atoms with Crippen LogP contribution in [0.5, 0.6) is 0 Å². The zero-order valence-corrected chi connectivity index (χ0v) is 11.9. The molecule has 19 heavy (non-hydrogen) atoms. The molecule has 0 bridgehead atoms. The van der Waals surface area contributed by atoms with Crippen molar-refractivity contribution in [3.05, 3.63) is 50.1 Å². The molecule has 7 heteroatoms. The minimum Gasteiger partial charge on any atom is -0.360 e. The van der Waals surface area contributed by atoms with Crippen LogP contribution in [-0.4, -0.2) is 14.3 Å². The molecule has 2 rings (SSSR count). The first-order valence-corrected chi connectivity index (χ1v) is 6.90. The van der Waals surface area contributed by atoms with Gasteiger partial charge >= 0.3 is 5.69 Å². The molecule has 0 unspecified atom stereocenters. The van der Waals surface area contributed by atoms with Gasteiger partial charge in [0.25, 0.3) is 5.56 Å². The Morgan fingerprint density at radius 2 is 1.95 bits per heavy atom. The maximum Gasteiger partial charge on any atom is 0.330 e. The molecule has 2 aromatic rings. The minimum absolute atomic E-state index is 0.283. The lowest BCUT2D eigenvalue weighted by Crippen LogP contribution is -2.37. The van der Waals surface area contributed by atoms with E-state index in [0.717, 1.165) is 16.0 Å². The van der Waals surface area contributed by atoms with E-state index in [1.165, 1.54) is 17.7 Å². The SMILES string of the molecule is Cc1cc(CSCc2cc(=O)n(C)c(=O)n2C)on1. The first kappa shape index (κ1) is 13.7. The van der Waals surface area contributed by atoms with E-state index in [-0.39, 0.29) is 11.2 Å². The molecule has 0 saturated heterocycles. The predicted molar refractivity (Wildman–Crippen MR) is 73.2 cm³/mol. The van der Waals surface area contributed by atoms with Crippen molar-refractivity contribution in [2.45, 2.75) is 18.4 Å². The summed E-state index contributed by atoms with van der Waals surface area (Å²) >= 11 is 1.57.